The molecule has 25 heavy (non-hydrogen) atoms. The van der Waals surface area contributed by atoms with Crippen molar-refractivity contribution in [3.8, 4) is 0 Å². The van der Waals surface area contributed by atoms with E-state index < -0.39 is 31.3 Å². The Balaban J connectivity index is 0.000000267. The quantitative estimate of drug-likeness (QED) is 0.588. The maximum atomic E-state index is 11.4. The molecule has 0 amide bonds. The lowest BCUT2D eigenvalue weighted by Gasteiger charge is -2.15. The van der Waals surface area contributed by atoms with Crippen molar-refractivity contribution < 1.29 is 46.8 Å². The lowest BCUT2D eigenvalue weighted by molar-refractivity contribution is -0.0585. The van der Waals surface area contributed by atoms with E-state index in [9.17, 15) is 43.2 Å². The van der Waals surface area contributed by atoms with Crippen molar-refractivity contribution in [3.63, 3.8) is 0 Å². The van der Waals surface area contributed by atoms with Crippen LogP contribution in [0.2, 0.25) is 0 Å². The van der Waals surface area contributed by atoms with E-state index in [-0.39, 0.29) is 0 Å². The summed E-state index contributed by atoms with van der Waals surface area (Å²) in [5.41, 5.74) is -9.54. The third-order valence-electron chi connectivity index (χ3n) is 2.75. The van der Waals surface area contributed by atoms with E-state index >= 15 is 0 Å². The Morgan fingerprint density at radius 3 is 1.68 bits per heavy atom. The number of hydrogen-bond donors (Lipinski definition) is 1. The molecule has 1 heterocycles. The molecule has 0 spiro atoms. The second-order valence-corrected chi connectivity index (χ2v) is 7.85. The fraction of sp³-hybridized carbons (Fsp3) is 0.455. The largest absolute Gasteiger partial charge is 0.524 e. The molecule has 1 aliphatic rings. The first-order chi connectivity index (χ1) is 11.2. The minimum Gasteiger partial charge on any atom is -0.312 e. The standard InChI is InChI=1S/C9H11N.C2F6O5S2/c1-2-4-9-7-10-6-5-8(9)3-1;3-1(4,5)14(9,10)13-15(11,12)2(6,7)8/h1-4,10H,5-7H2;. The fourth-order valence-corrected chi connectivity index (χ4v) is 3.18. The van der Waals surface area contributed by atoms with Gasteiger partial charge in [-0.2, -0.15) is 43.2 Å². The summed E-state index contributed by atoms with van der Waals surface area (Å²) in [5.74, 6) is 0. The van der Waals surface area contributed by atoms with E-state index in [1.807, 2.05) is 3.63 Å². The summed E-state index contributed by atoms with van der Waals surface area (Å²) in [5, 5.41) is 3.34. The van der Waals surface area contributed by atoms with E-state index in [0.29, 0.717) is 0 Å². The number of alkyl halides is 6. The molecule has 0 aliphatic carbocycles. The number of hydrogen-bond acceptors (Lipinski definition) is 6. The molecule has 1 aromatic carbocycles. The van der Waals surface area contributed by atoms with E-state index in [1.165, 1.54) is 17.5 Å². The number of fused-ring (bicyclic) bond motifs is 1. The smallest absolute Gasteiger partial charge is 0.312 e. The monoisotopic (exact) mass is 415 g/mol. The highest BCUT2D eigenvalue weighted by Crippen LogP contribution is 2.32. The van der Waals surface area contributed by atoms with Gasteiger partial charge in [-0.05, 0) is 24.1 Å². The van der Waals surface area contributed by atoms with Crippen LogP contribution in [0.5, 0.6) is 0 Å². The zero-order chi connectivity index (χ0) is 19.5. The van der Waals surface area contributed by atoms with Gasteiger partial charge in [0.2, 0.25) is 0 Å². The van der Waals surface area contributed by atoms with Gasteiger partial charge in [-0.15, -0.1) is 3.63 Å². The molecular formula is C11H11F6NO5S2. The number of rotatable bonds is 2. The maximum Gasteiger partial charge on any atom is 0.524 e. The minimum absolute atomic E-state index is 1.05. The maximum absolute atomic E-state index is 11.4. The first kappa shape index (κ1) is 21.7. The van der Waals surface area contributed by atoms with Crippen molar-refractivity contribution in [1.82, 2.24) is 5.32 Å². The van der Waals surface area contributed by atoms with Crippen molar-refractivity contribution in [1.29, 1.82) is 0 Å². The van der Waals surface area contributed by atoms with Gasteiger partial charge in [0.15, 0.2) is 0 Å². The van der Waals surface area contributed by atoms with Crippen LogP contribution in [0.15, 0.2) is 24.3 Å². The van der Waals surface area contributed by atoms with Gasteiger partial charge in [-0.25, -0.2) is 0 Å². The fourth-order valence-electron chi connectivity index (χ4n) is 1.62. The van der Waals surface area contributed by atoms with Crippen molar-refractivity contribution in [2.75, 3.05) is 6.54 Å². The predicted octanol–water partition coefficient (Wildman–Crippen LogP) is 2.03. The van der Waals surface area contributed by atoms with Crippen LogP contribution in [-0.4, -0.2) is 34.4 Å². The molecule has 144 valence electrons. The van der Waals surface area contributed by atoms with Crippen LogP contribution in [0.25, 0.3) is 0 Å². The second-order valence-electron chi connectivity index (χ2n) is 4.56. The van der Waals surface area contributed by atoms with Crippen LogP contribution in [0.4, 0.5) is 26.3 Å². The summed E-state index contributed by atoms with van der Waals surface area (Å²) in [6.07, 6.45) is 1.19. The Hall–Kier alpha value is -1.38. The van der Waals surface area contributed by atoms with Gasteiger partial charge in [-0.1, -0.05) is 24.3 Å². The van der Waals surface area contributed by atoms with E-state index in [2.05, 4.69) is 29.6 Å². The molecule has 0 saturated heterocycles. The molecule has 6 nitrogen and oxygen atoms in total. The van der Waals surface area contributed by atoms with Gasteiger partial charge in [0.25, 0.3) is 0 Å². The molecule has 0 fully saturated rings. The average Bonchev–Trinajstić information content (AvgIpc) is 2.44. The molecule has 0 radical (unpaired) electrons. The van der Waals surface area contributed by atoms with Crippen molar-refractivity contribution in [3.05, 3.63) is 35.4 Å². The SMILES string of the molecule is O=S(=O)(OS(=O)(=O)C(F)(F)F)C(F)(F)F.c1ccc2c(c1)CCNC2. The van der Waals surface area contributed by atoms with Gasteiger partial charge in [0.05, 0.1) is 0 Å². The molecule has 1 aromatic rings. The molecule has 2 rings (SSSR count). The minimum atomic E-state index is -6.85. The second kappa shape index (κ2) is 7.47. The lowest BCUT2D eigenvalue weighted by atomic mass is 10.0. The molecule has 14 heteroatoms. The first-order valence-electron chi connectivity index (χ1n) is 6.28. The Labute approximate surface area is 139 Å². The van der Waals surface area contributed by atoms with Crippen molar-refractivity contribution in [2.24, 2.45) is 0 Å². The van der Waals surface area contributed by atoms with Crippen LogP contribution in [-0.2, 0) is 36.8 Å². The highest BCUT2D eigenvalue weighted by molar-refractivity contribution is 8.00. The highest BCUT2D eigenvalue weighted by Gasteiger charge is 2.57. The van der Waals surface area contributed by atoms with Gasteiger partial charge >= 0.3 is 31.3 Å². The Kier molecular flexibility index (Phi) is 6.47. The van der Waals surface area contributed by atoms with Gasteiger partial charge < -0.3 is 5.32 Å². The van der Waals surface area contributed by atoms with Crippen molar-refractivity contribution >= 4 is 20.2 Å². The van der Waals surface area contributed by atoms with E-state index in [1.54, 1.807) is 0 Å². The summed E-state index contributed by atoms with van der Waals surface area (Å²) in [7, 11) is -13.7. The van der Waals surface area contributed by atoms with Crippen LogP contribution in [0, 0.1) is 0 Å². The molecule has 0 aromatic heterocycles. The summed E-state index contributed by atoms with van der Waals surface area (Å²) in [6.45, 7) is 2.19. The molecular weight excluding hydrogens is 404 g/mol. The normalized spacial score (nSPS) is 15.8. The van der Waals surface area contributed by atoms with Crippen LogP contribution in [0.3, 0.4) is 0 Å². The topological polar surface area (TPSA) is 89.5 Å². The van der Waals surface area contributed by atoms with Crippen molar-refractivity contribution in [2.45, 2.75) is 24.0 Å². The third kappa shape index (κ3) is 5.83. The Bertz CT molecular complexity index is 734. The molecule has 0 bridgehead atoms. The van der Waals surface area contributed by atoms with Gasteiger partial charge in [0, 0.05) is 6.54 Å². The number of benzene rings is 1. The highest BCUT2D eigenvalue weighted by atomic mass is 32.3. The van der Waals surface area contributed by atoms with Gasteiger partial charge in [0.1, 0.15) is 0 Å². The number of nitrogens with one attached hydrogen (secondary N) is 1. The molecule has 0 unspecified atom stereocenters. The Morgan fingerprint density at radius 1 is 0.840 bits per heavy atom. The zero-order valence-corrected chi connectivity index (χ0v) is 13.7. The van der Waals surface area contributed by atoms with Crippen LogP contribution < -0.4 is 5.32 Å². The third-order valence-corrected chi connectivity index (χ3v) is 5.32. The van der Waals surface area contributed by atoms with Crippen LogP contribution >= 0.6 is 0 Å². The van der Waals surface area contributed by atoms with E-state index in [4.69, 9.17) is 0 Å². The predicted molar refractivity (Wildman–Crippen MR) is 72.9 cm³/mol. The molecule has 0 atom stereocenters. The van der Waals surface area contributed by atoms with E-state index in [0.717, 1.165) is 13.1 Å². The summed E-state index contributed by atoms with van der Waals surface area (Å²) in [4.78, 5) is 0. The molecule has 1 aliphatic heterocycles. The summed E-state index contributed by atoms with van der Waals surface area (Å²) < 4.78 is 110. The lowest BCUT2D eigenvalue weighted by Crippen LogP contribution is -2.34. The summed E-state index contributed by atoms with van der Waals surface area (Å²) >= 11 is 0. The molecule has 0 saturated carbocycles. The zero-order valence-electron chi connectivity index (χ0n) is 12.1. The molecule has 1 N–H and O–H groups in total. The average molecular weight is 415 g/mol. The summed E-state index contributed by atoms with van der Waals surface area (Å²) in [6, 6.07) is 8.63. The van der Waals surface area contributed by atoms with Crippen LogP contribution in [0.1, 0.15) is 11.1 Å². The number of halogens is 6. The first-order valence-corrected chi connectivity index (χ1v) is 9.10. The Morgan fingerprint density at radius 2 is 1.28 bits per heavy atom. The van der Waals surface area contributed by atoms with Gasteiger partial charge in [-0.3, -0.25) is 0 Å².